The minimum Gasteiger partial charge on any atom is -0.463 e. The largest absolute Gasteiger partial charge is 0.463 e. The minimum absolute atomic E-state index is 0.295. The van der Waals surface area contributed by atoms with Crippen molar-refractivity contribution in [2.75, 3.05) is 23.5 Å². The lowest BCUT2D eigenvalue weighted by Gasteiger charge is -2.15. The molecule has 1 rings (SSSR count). The monoisotopic (exact) mass is 382 g/mol. The molecule has 0 saturated carbocycles. The minimum atomic E-state index is -1.51. The lowest BCUT2D eigenvalue weighted by Crippen LogP contribution is -2.36. The molecule has 142 valence electrons. The van der Waals surface area contributed by atoms with E-state index in [1.165, 1.54) is 6.92 Å². The number of anilines is 2. The molecule has 26 heavy (non-hydrogen) atoms. The third-order valence-corrected chi connectivity index (χ3v) is 4.17. The van der Waals surface area contributed by atoms with Crippen LogP contribution in [0.5, 0.6) is 0 Å². The first-order valence-electron chi connectivity index (χ1n) is 7.69. The standard InChI is InChI=1S/C16H22N4O5S/c1-9(2)8-26-11-5-6-12(13(7-11)17-10(3)21)18-14(19-15(22)23)20-16(24)25-4/h5-7,9H,8H2,1-4H3,(H,17,21)(H,22,23)(H2,18,19,20,24). The van der Waals surface area contributed by atoms with Gasteiger partial charge in [-0.05, 0) is 24.1 Å². The van der Waals surface area contributed by atoms with E-state index >= 15 is 0 Å². The van der Waals surface area contributed by atoms with Crippen LogP contribution >= 0.6 is 11.8 Å². The summed E-state index contributed by atoms with van der Waals surface area (Å²) in [5.74, 6) is 0.762. The molecule has 0 bridgehead atoms. The second-order valence-electron chi connectivity index (χ2n) is 5.58. The van der Waals surface area contributed by atoms with Gasteiger partial charge in [0, 0.05) is 17.6 Å². The highest BCUT2D eigenvalue weighted by atomic mass is 32.2. The van der Waals surface area contributed by atoms with Gasteiger partial charge in [-0.25, -0.2) is 9.59 Å². The number of amides is 3. The fourth-order valence-electron chi connectivity index (χ4n) is 1.74. The number of rotatable bonds is 5. The molecule has 0 aliphatic carbocycles. The zero-order valence-corrected chi connectivity index (χ0v) is 15.8. The molecule has 0 aliphatic heterocycles. The molecule has 0 unspecified atom stereocenters. The molecule has 3 amide bonds. The van der Waals surface area contributed by atoms with Crippen LogP contribution in [0.2, 0.25) is 0 Å². The number of benzene rings is 1. The first-order valence-corrected chi connectivity index (χ1v) is 8.67. The Hall–Kier alpha value is -2.75. The second-order valence-corrected chi connectivity index (χ2v) is 6.67. The number of ether oxygens (including phenoxy) is 1. The van der Waals surface area contributed by atoms with Crippen LogP contribution < -0.4 is 16.0 Å². The lowest BCUT2D eigenvalue weighted by atomic mass is 10.2. The van der Waals surface area contributed by atoms with Gasteiger partial charge in [0.15, 0.2) is 0 Å². The summed E-state index contributed by atoms with van der Waals surface area (Å²) in [6, 6.07) is 5.23. The summed E-state index contributed by atoms with van der Waals surface area (Å²) in [7, 11) is 1.14. The van der Waals surface area contributed by atoms with Crippen molar-refractivity contribution in [1.29, 1.82) is 0 Å². The molecule has 1 aromatic rings. The van der Waals surface area contributed by atoms with Crippen LogP contribution in [0.25, 0.3) is 0 Å². The van der Waals surface area contributed by atoms with E-state index in [9.17, 15) is 14.4 Å². The van der Waals surface area contributed by atoms with Gasteiger partial charge in [-0.1, -0.05) is 13.8 Å². The summed E-state index contributed by atoms with van der Waals surface area (Å²) in [4.78, 5) is 37.8. The van der Waals surface area contributed by atoms with Crippen LogP contribution in [0.1, 0.15) is 20.8 Å². The van der Waals surface area contributed by atoms with E-state index in [1.54, 1.807) is 23.9 Å². The average molecular weight is 382 g/mol. The van der Waals surface area contributed by atoms with Gasteiger partial charge >= 0.3 is 12.2 Å². The zero-order chi connectivity index (χ0) is 19.7. The van der Waals surface area contributed by atoms with Crippen LogP contribution in [0.4, 0.5) is 21.0 Å². The Morgan fingerprint density at radius 3 is 2.46 bits per heavy atom. The maximum atomic E-state index is 11.5. The molecule has 0 saturated heterocycles. The third-order valence-electron chi connectivity index (χ3n) is 2.75. The van der Waals surface area contributed by atoms with Crippen LogP contribution in [0.15, 0.2) is 28.1 Å². The summed E-state index contributed by atoms with van der Waals surface area (Å²) in [6.45, 7) is 5.56. The van der Waals surface area contributed by atoms with Gasteiger partial charge in [-0.15, -0.1) is 16.8 Å². The van der Waals surface area contributed by atoms with Crippen LogP contribution in [0, 0.1) is 5.92 Å². The highest BCUT2D eigenvalue weighted by molar-refractivity contribution is 7.99. The summed E-state index contributed by atoms with van der Waals surface area (Å²) >= 11 is 1.63. The molecule has 0 spiro atoms. The quantitative estimate of drug-likeness (QED) is 0.349. The van der Waals surface area contributed by atoms with Gasteiger partial charge in [0.2, 0.25) is 11.9 Å². The Morgan fingerprint density at radius 1 is 1.23 bits per heavy atom. The van der Waals surface area contributed by atoms with Crippen molar-refractivity contribution in [3.63, 3.8) is 0 Å². The number of carboxylic acid groups (broad SMARTS) is 1. The van der Waals surface area contributed by atoms with E-state index in [0.717, 1.165) is 17.8 Å². The Labute approximate surface area is 155 Å². The van der Waals surface area contributed by atoms with Gasteiger partial charge in [0.25, 0.3) is 0 Å². The number of nitrogens with one attached hydrogen (secondary N) is 3. The van der Waals surface area contributed by atoms with Gasteiger partial charge in [-0.2, -0.15) is 0 Å². The predicted molar refractivity (Wildman–Crippen MR) is 101 cm³/mol. The predicted octanol–water partition coefficient (Wildman–Crippen LogP) is 3.20. The van der Waals surface area contributed by atoms with Gasteiger partial charge in [0.1, 0.15) is 0 Å². The fraction of sp³-hybridized carbons (Fsp3) is 0.375. The fourth-order valence-corrected chi connectivity index (χ4v) is 2.63. The summed E-state index contributed by atoms with van der Waals surface area (Å²) in [5.41, 5.74) is 0.793. The van der Waals surface area contributed by atoms with E-state index in [2.05, 4.69) is 39.5 Å². The number of thioether (sulfide) groups is 1. The van der Waals surface area contributed by atoms with Crippen LogP contribution in [-0.2, 0) is 9.53 Å². The van der Waals surface area contributed by atoms with Crippen molar-refractivity contribution in [1.82, 2.24) is 5.32 Å². The van der Waals surface area contributed by atoms with Crippen LogP contribution in [0.3, 0.4) is 0 Å². The number of hydrogen-bond acceptors (Lipinski definition) is 5. The van der Waals surface area contributed by atoms with E-state index in [1.807, 2.05) is 6.07 Å². The van der Waals surface area contributed by atoms with Crippen molar-refractivity contribution in [3.05, 3.63) is 18.2 Å². The highest BCUT2D eigenvalue weighted by Gasteiger charge is 2.12. The maximum absolute atomic E-state index is 11.5. The van der Waals surface area contributed by atoms with Crippen molar-refractivity contribution in [3.8, 4) is 0 Å². The number of aliphatic imine (C=N–C) groups is 1. The molecular weight excluding hydrogens is 360 g/mol. The Balaban J connectivity index is 3.12. The smallest absolute Gasteiger partial charge is 0.434 e. The Bertz CT molecular complexity index is 706. The topological polar surface area (TPSA) is 129 Å². The van der Waals surface area contributed by atoms with E-state index in [-0.39, 0.29) is 11.9 Å². The van der Waals surface area contributed by atoms with Gasteiger partial charge in [-0.3, -0.25) is 10.1 Å². The van der Waals surface area contributed by atoms with E-state index < -0.39 is 12.2 Å². The molecule has 1 aromatic carbocycles. The average Bonchev–Trinajstić information content (AvgIpc) is 2.53. The van der Waals surface area contributed by atoms with Crippen molar-refractivity contribution in [2.45, 2.75) is 25.7 Å². The van der Waals surface area contributed by atoms with Crippen molar-refractivity contribution < 1.29 is 24.2 Å². The molecular formula is C16H22N4O5S. The maximum Gasteiger partial charge on any atom is 0.434 e. The Morgan fingerprint density at radius 2 is 1.92 bits per heavy atom. The van der Waals surface area contributed by atoms with Crippen molar-refractivity contribution >= 4 is 47.2 Å². The third kappa shape index (κ3) is 7.88. The number of alkyl carbamates (subject to hydrolysis) is 1. The molecule has 0 aliphatic rings. The first-order chi connectivity index (χ1) is 12.2. The number of carbonyl (C=O) groups is 3. The summed E-state index contributed by atoms with van der Waals surface area (Å²) < 4.78 is 4.43. The van der Waals surface area contributed by atoms with Gasteiger partial charge < -0.3 is 20.5 Å². The number of hydrogen-bond donors (Lipinski definition) is 4. The molecule has 0 heterocycles. The SMILES string of the molecule is COC(=O)N/C(=N/C(=O)O)Nc1ccc(SCC(C)C)cc1NC(C)=O. The molecule has 0 radical (unpaired) electrons. The molecule has 0 atom stereocenters. The summed E-state index contributed by atoms with van der Waals surface area (Å²) in [6.07, 6.45) is -2.39. The number of nitrogens with zero attached hydrogens (tertiary/aromatic N) is 1. The molecule has 0 aromatic heterocycles. The first kappa shape index (κ1) is 21.3. The molecule has 0 fully saturated rings. The van der Waals surface area contributed by atoms with E-state index in [4.69, 9.17) is 5.11 Å². The molecule has 9 nitrogen and oxygen atoms in total. The molecule has 4 N–H and O–H groups in total. The Kier molecular flexibility index (Phi) is 8.43. The number of carbonyl (C=O) groups excluding carboxylic acids is 2. The number of guanidine groups is 1. The number of methoxy groups -OCH3 is 1. The zero-order valence-electron chi connectivity index (χ0n) is 15.0. The van der Waals surface area contributed by atoms with E-state index in [0.29, 0.717) is 17.3 Å². The lowest BCUT2D eigenvalue weighted by molar-refractivity contribution is -0.114. The second kappa shape index (κ2) is 10.3. The normalized spacial score (nSPS) is 11.0. The van der Waals surface area contributed by atoms with Crippen LogP contribution in [-0.4, -0.2) is 42.0 Å². The van der Waals surface area contributed by atoms with Crippen molar-refractivity contribution in [2.24, 2.45) is 10.9 Å². The summed E-state index contributed by atoms with van der Waals surface area (Å²) in [5, 5.41) is 16.3. The van der Waals surface area contributed by atoms with Gasteiger partial charge in [0.05, 0.1) is 18.5 Å². The highest BCUT2D eigenvalue weighted by Crippen LogP contribution is 2.29. The molecule has 10 heteroatoms.